The second-order valence-corrected chi connectivity index (χ2v) is 4.52. The maximum atomic E-state index is 10.2. The van der Waals surface area contributed by atoms with Gasteiger partial charge in [-0.05, 0) is 6.42 Å². The number of aromatic nitrogens is 4. The number of nitrogens with two attached hydrogens (primary N) is 1. The lowest BCUT2D eigenvalue weighted by Crippen LogP contribution is -2.29. The number of hydrogen-bond acceptors (Lipinski definition) is 7. The maximum absolute atomic E-state index is 10.2. The first-order chi connectivity index (χ1) is 9.22. The fourth-order valence-corrected chi connectivity index (χ4v) is 2.41. The molecule has 0 amide bonds. The number of fused-ring (bicyclic) bond motifs is 1. The Morgan fingerprint density at radius 1 is 1.42 bits per heavy atom. The fraction of sp³-hybridized carbons (Fsp3) is 0.545. The van der Waals surface area contributed by atoms with Gasteiger partial charge in [0.25, 0.3) is 0 Å². The van der Waals surface area contributed by atoms with Crippen LogP contribution >= 0.6 is 0 Å². The number of ether oxygens (including phenoxy) is 1. The Hall–Kier alpha value is -1.77. The summed E-state index contributed by atoms with van der Waals surface area (Å²) in [6, 6.07) is -0.282. The quantitative estimate of drug-likeness (QED) is 0.657. The van der Waals surface area contributed by atoms with Gasteiger partial charge < -0.3 is 25.3 Å². The van der Waals surface area contributed by atoms with Crippen LogP contribution in [0.3, 0.4) is 0 Å². The lowest BCUT2D eigenvalue weighted by Gasteiger charge is -2.17. The SMILES string of the molecule is Nc1ncnc2c1ncn2[C@@H]1CO[C@H](CCO)[C@H]1O. The predicted molar refractivity (Wildman–Crippen MR) is 66.2 cm³/mol. The van der Waals surface area contributed by atoms with Crippen LogP contribution in [0.1, 0.15) is 12.5 Å². The van der Waals surface area contributed by atoms with E-state index in [2.05, 4.69) is 15.0 Å². The van der Waals surface area contributed by atoms with Gasteiger partial charge in [-0.15, -0.1) is 0 Å². The zero-order valence-corrected chi connectivity index (χ0v) is 10.2. The van der Waals surface area contributed by atoms with Crippen molar-refractivity contribution in [3.05, 3.63) is 12.7 Å². The van der Waals surface area contributed by atoms with E-state index in [0.717, 1.165) is 0 Å². The van der Waals surface area contributed by atoms with Crippen LogP contribution in [0, 0.1) is 0 Å². The Morgan fingerprint density at radius 3 is 3.05 bits per heavy atom. The predicted octanol–water partition coefficient (Wildman–Crippen LogP) is -0.908. The zero-order valence-electron chi connectivity index (χ0n) is 10.2. The van der Waals surface area contributed by atoms with Gasteiger partial charge in [0.05, 0.1) is 25.1 Å². The first kappa shape index (κ1) is 12.3. The summed E-state index contributed by atoms with van der Waals surface area (Å²) in [4.78, 5) is 12.2. The van der Waals surface area contributed by atoms with Crippen molar-refractivity contribution in [3.63, 3.8) is 0 Å². The summed E-state index contributed by atoms with van der Waals surface area (Å²) in [5.74, 6) is 0.309. The average Bonchev–Trinajstić information content (AvgIpc) is 2.96. The molecule has 0 aromatic carbocycles. The molecule has 1 fully saturated rings. The average molecular weight is 265 g/mol. The molecular weight excluding hydrogens is 250 g/mol. The van der Waals surface area contributed by atoms with Crippen LogP contribution in [0.5, 0.6) is 0 Å². The molecule has 102 valence electrons. The van der Waals surface area contributed by atoms with E-state index >= 15 is 0 Å². The van der Waals surface area contributed by atoms with Gasteiger partial charge >= 0.3 is 0 Å². The molecule has 0 radical (unpaired) electrons. The molecule has 19 heavy (non-hydrogen) atoms. The summed E-state index contributed by atoms with van der Waals surface area (Å²) in [6.07, 6.45) is 2.27. The van der Waals surface area contributed by atoms with Gasteiger partial charge in [0.15, 0.2) is 11.5 Å². The molecule has 3 atom stereocenters. The normalized spacial score (nSPS) is 27.2. The number of rotatable bonds is 3. The number of nitrogens with zero attached hydrogens (tertiary/aromatic N) is 4. The van der Waals surface area contributed by atoms with Gasteiger partial charge in [0.2, 0.25) is 0 Å². The molecule has 0 unspecified atom stereocenters. The van der Waals surface area contributed by atoms with Crippen molar-refractivity contribution in [2.75, 3.05) is 18.9 Å². The van der Waals surface area contributed by atoms with E-state index in [1.807, 2.05) is 0 Å². The molecule has 3 rings (SSSR count). The second kappa shape index (κ2) is 4.72. The molecule has 1 aliphatic heterocycles. The molecule has 0 bridgehead atoms. The summed E-state index contributed by atoms with van der Waals surface area (Å²) in [5, 5.41) is 19.1. The Bertz CT molecular complexity index is 587. The first-order valence-electron chi connectivity index (χ1n) is 6.06. The van der Waals surface area contributed by atoms with Crippen LogP contribution in [0.2, 0.25) is 0 Å². The molecule has 2 aromatic rings. The van der Waals surface area contributed by atoms with Crippen molar-refractivity contribution >= 4 is 17.0 Å². The van der Waals surface area contributed by atoms with E-state index < -0.39 is 6.10 Å². The third-order valence-corrected chi connectivity index (χ3v) is 3.41. The van der Waals surface area contributed by atoms with Gasteiger partial charge in [-0.1, -0.05) is 0 Å². The van der Waals surface area contributed by atoms with Crippen molar-refractivity contribution in [2.45, 2.75) is 24.7 Å². The molecule has 8 nitrogen and oxygen atoms in total. The van der Waals surface area contributed by atoms with Crippen molar-refractivity contribution in [1.29, 1.82) is 0 Å². The minimum absolute atomic E-state index is 0.0196. The highest BCUT2D eigenvalue weighted by Crippen LogP contribution is 2.29. The molecule has 3 heterocycles. The molecule has 2 aromatic heterocycles. The number of imidazole rings is 1. The number of aliphatic hydroxyl groups is 2. The number of aliphatic hydroxyl groups excluding tert-OH is 2. The molecular formula is C11H15N5O3. The Balaban J connectivity index is 1.95. The van der Waals surface area contributed by atoms with E-state index in [1.165, 1.54) is 6.33 Å². The number of hydrogen-bond donors (Lipinski definition) is 3. The van der Waals surface area contributed by atoms with Gasteiger partial charge in [-0.2, -0.15) is 0 Å². The van der Waals surface area contributed by atoms with E-state index in [1.54, 1.807) is 10.9 Å². The highest BCUT2D eigenvalue weighted by Gasteiger charge is 2.37. The Labute approximate surface area is 108 Å². The van der Waals surface area contributed by atoms with Crippen molar-refractivity contribution in [3.8, 4) is 0 Å². The standard InChI is InChI=1S/C11H15N5O3/c12-10-8-11(14-4-13-10)16(5-15-8)6-3-19-7(1-2-17)9(6)18/h4-7,9,17-18H,1-3H2,(H2,12,13,14)/t6-,7-,9+/m1/s1. The summed E-state index contributed by atoms with van der Waals surface area (Å²) < 4.78 is 7.23. The van der Waals surface area contributed by atoms with Gasteiger partial charge in [0.1, 0.15) is 17.9 Å². The topological polar surface area (TPSA) is 119 Å². The van der Waals surface area contributed by atoms with Crippen molar-refractivity contribution in [1.82, 2.24) is 19.5 Å². The molecule has 8 heteroatoms. The lowest BCUT2D eigenvalue weighted by atomic mass is 10.1. The third kappa shape index (κ3) is 1.93. The van der Waals surface area contributed by atoms with E-state index in [4.69, 9.17) is 15.6 Å². The molecule has 1 aliphatic rings. The van der Waals surface area contributed by atoms with Gasteiger partial charge in [-0.25, -0.2) is 15.0 Å². The third-order valence-electron chi connectivity index (χ3n) is 3.41. The van der Waals surface area contributed by atoms with Crippen LogP contribution in [0.25, 0.3) is 11.2 Å². The van der Waals surface area contributed by atoms with E-state index in [0.29, 0.717) is 30.0 Å². The van der Waals surface area contributed by atoms with Gasteiger partial charge in [0, 0.05) is 6.61 Å². The minimum Gasteiger partial charge on any atom is -0.396 e. The zero-order chi connectivity index (χ0) is 13.4. The van der Waals surface area contributed by atoms with Crippen LogP contribution in [-0.4, -0.2) is 55.2 Å². The number of nitrogen functional groups attached to an aromatic ring is 1. The second-order valence-electron chi connectivity index (χ2n) is 4.52. The number of anilines is 1. The summed E-state index contributed by atoms with van der Waals surface area (Å²) >= 11 is 0. The highest BCUT2D eigenvalue weighted by atomic mass is 16.5. The molecule has 4 N–H and O–H groups in total. The molecule has 0 spiro atoms. The Morgan fingerprint density at radius 2 is 2.26 bits per heavy atom. The van der Waals surface area contributed by atoms with Crippen LogP contribution in [-0.2, 0) is 4.74 Å². The first-order valence-corrected chi connectivity index (χ1v) is 6.06. The lowest BCUT2D eigenvalue weighted by molar-refractivity contribution is 0.0233. The monoisotopic (exact) mass is 265 g/mol. The molecule has 0 saturated carbocycles. The minimum atomic E-state index is -0.708. The maximum Gasteiger partial charge on any atom is 0.165 e. The largest absolute Gasteiger partial charge is 0.396 e. The fourth-order valence-electron chi connectivity index (χ4n) is 2.41. The smallest absolute Gasteiger partial charge is 0.165 e. The summed E-state index contributed by atoms with van der Waals surface area (Å²) in [6.45, 7) is 0.329. The van der Waals surface area contributed by atoms with Crippen molar-refractivity contribution < 1.29 is 14.9 Å². The van der Waals surface area contributed by atoms with E-state index in [9.17, 15) is 5.11 Å². The van der Waals surface area contributed by atoms with Crippen LogP contribution < -0.4 is 5.73 Å². The summed E-state index contributed by atoms with van der Waals surface area (Å²) in [7, 11) is 0. The Kier molecular flexibility index (Phi) is 3.05. The van der Waals surface area contributed by atoms with Crippen LogP contribution in [0.15, 0.2) is 12.7 Å². The van der Waals surface area contributed by atoms with E-state index in [-0.39, 0.29) is 18.8 Å². The highest BCUT2D eigenvalue weighted by molar-refractivity contribution is 5.81. The summed E-state index contributed by atoms with van der Waals surface area (Å²) in [5.41, 5.74) is 6.81. The molecule has 1 saturated heterocycles. The van der Waals surface area contributed by atoms with Crippen molar-refractivity contribution in [2.24, 2.45) is 0 Å². The van der Waals surface area contributed by atoms with Gasteiger partial charge in [-0.3, -0.25) is 0 Å². The molecule has 0 aliphatic carbocycles. The van der Waals surface area contributed by atoms with Crippen LogP contribution in [0.4, 0.5) is 5.82 Å².